The summed E-state index contributed by atoms with van der Waals surface area (Å²) in [6.07, 6.45) is -4.32. The fraction of sp³-hybridized carbons (Fsp3) is 0.227. The van der Waals surface area contributed by atoms with Gasteiger partial charge in [-0.3, -0.25) is 4.68 Å². The van der Waals surface area contributed by atoms with Crippen LogP contribution in [0.3, 0.4) is 0 Å². The van der Waals surface area contributed by atoms with Gasteiger partial charge >= 0.3 is 6.18 Å². The third-order valence-electron chi connectivity index (χ3n) is 5.65. The van der Waals surface area contributed by atoms with Crippen molar-refractivity contribution in [2.24, 2.45) is 7.05 Å². The van der Waals surface area contributed by atoms with Gasteiger partial charge < -0.3 is 4.42 Å². The lowest BCUT2D eigenvalue weighted by Crippen LogP contribution is -2.36. The number of nitrogens with zero attached hydrogens (tertiary/aromatic N) is 5. The molecule has 0 fully saturated rings. The van der Waals surface area contributed by atoms with Gasteiger partial charge in [0.15, 0.2) is 5.69 Å². The highest BCUT2D eigenvalue weighted by Crippen LogP contribution is 2.34. The number of alkyl halides is 3. The number of hydrogen-bond donors (Lipinski definition) is 0. The molecule has 3 heterocycles. The van der Waals surface area contributed by atoms with Crippen LogP contribution in [0.4, 0.5) is 13.2 Å². The SMILES string of the molecule is Cn1nc(-c2nnc(-c3ccccc3)o2)c2c1CCN(S(=O)(=O)c1cccc(C(F)(F)F)c1)C2. The summed E-state index contributed by atoms with van der Waals surface area (Å²) in [4.78, 5) is -0.416. The van der Waals surface area contributed by atoms with Gasteiger partial charge in [0, 0.05) is 43.4 Å². The normalized spacial score (nSPS) is 14.8. The molecule has 0 atom stereocenters. The van der Waals surface area contributed by atoms with Crippen LogP contribution in [0.15, 0.2) is 63.9 Å². The van der Waals surface area contributed by atoms with E-state index in [4.69, 9.17) is 4.42 Å². The van der Waals surface area contributed by atoms with Crippen LogP contribution in [-0.2, 0) is 36.2 Å². The third kappa shape index (κ3) is 3.88. The lowest BCUT2D eigenvalue weighted by atomic mass is 10.1. The first-order valence-corrected chi connectivity index (χ1v) is 11.7. The Labute approximate surface area is 192 Å². The fourth-order valence-corrected chi connectivity index (χ4v) is 5.40. The van der Waals surface area contributed by atoms with Crippen molar-refractivity contribution in [2.45, 2.75) is 24.0 Å². The summed E-state index contributed by atoms with van der Waals surface area (Å²) in [5, 5.41) is 12.6. The third-order valence-corrected chi connectivity index (χ3v) is 7.50. The second kappa shape index (κ2) is 8.06. The molecule has 5 rings (SSSR count). The molecule has 176 valence electrons. The first-order chi connectivity index (χ1) is 16.1. The average Bonchev–Trinajstić information content (AvgIpc) is 3.44. The van der Waals surface area contributed by atoms with Gasteiger partial charge in [-0.1, -0.05) is 24.3 Å². The molecule has 34 heavy (non-hydrogen) atoms. The van der Waals surface area contributed by atoms with E-state index in [1.165, 1.54) is 0 Å². The maximum Gasteiger partial charge on any atom is 0.416 e. The van der Waals surface area contributed by atoms with Crippen molar-refractivity contribution < 1.29 is 26.0 Å². The minimum absolute atomic E-state index is 0.0832. The molecule has 12 heteroatoms. The van der Waals surface area contributed by atoms with Crippen molar-refractivity contribution >= 4 is 10.0 Å². The minimum Gasteiger partial charge on any atom is -0.415 e. The molecule has 0 radical (unpaired) electrons. The monoisotopic (exact) mass is 489 g/mol. The fourth-order valence-electron chi connectivity index (χ4n) is 3.94. The predicted molar refractivity (Wildman–Crippen MR) is 115 cm³/mol. The number of aryl methyl sites for hydroxylation is 1. The van der Waals surface area contributed by atoms with Gasteiger partial charge in [-0.15, -0.1) is 10.2 Å². The van der Waals surface area contributed by atoms with E-state index >= 15 is 0 Å². The molecular formula is C22H18F3N5O3S. The summed E-state index contributed by atoms with van der Waals surface area (Å²) in [5.41, 5.74) is 1.42. The van der Waals surface area contributed by atoms with E-state index in [0.29, 0.717) is 29.6 Å². The molecule has 0 bridgehead atoms. The predicted octanol–water partition coefficient (Wildman–Crippen LogP) is 3.90. The van der Waals surface area contributed by atoms with Crippen LogP contribution in [0.5, 0.6) is 0 Å². The Bertz CT molecular complexity index is 1460. The Morgan fingerprint density at radius 2 is 1.74 bits per heavy atom. The quantitative estimate of drug-likeness (QED) is 0.432. The zero-order chi connectivity index (χ0) is 24.1. The van der Waals surface area contributed by atoms with E-state index in [9.17, 15) is 21.6 Å². The zero-order valence-electron chi connectivity index (χ0n) is 17.8. The summed E-state index contributed by atoms with van der Waals surface area (Å²) in [7, 11) is -2.46. The first kappa shape index (κ1) is 22.3. The number of aromatic nitrogens is 4. The Morgan fingerprint density at radius 3 is 2.47 bits per heavy atom. The van der Waals surface area contributed by atoms with Crippen LogP contribution in [0.25, 0.3) is 23.0 Å². The van der Waals surface area contributed by atoms with Gasteiger partial charge in [-0.2, -0.15) is 22.6 Å². The van der Waals surface area contributed by atoms with E-state index in [2.05, 4.69) is 15.3 Å². The largest absolute Gasteiger partial charge is 0.416 e. The number of rotatable bonds is 4. The molecule has 8 nitrogen and oxygen atoms in total. The second-order valence-corrected chi connectivity index (χ2v) is 9.73. The van der Waals surface area contributed by atoms with Gasteiger partial charge in [-0.25, -0.2) is 8.42 Å². The highest BCUT2D eigenvalue weighted by molar-refractivity contribution is 7.89. The lowest BCUT2D eigenvalue weighted by Gasteiger charge is -2.27. The molecule has 0 unspecified atom stereocenters. The Hall–Kier alpha value is -3.51. The molecule has 0 aliphatic carbocycles. The molecule has 0 saturated heterocycles. The highest BCUT2D eigenvalue weighted by atomic mass is 32.2. The van der Waals surface area contributed by atoms with Crippen LogP contribution in [0, 0.1) is 0 Å². The van der Waals surface area contributed by atoms with Gasteiger partial charge in [0.2, 0.25) is 15.9 Å². The summed E-state index contributed by atoms with van der Waals surface area (Å²) >= 11 is 0. The van der Waals surface area contributed by atoms with Crippen molar-refractivity contribution in [1.82, 2.24) is 24.3 Å². The standard InChI is InChI=1S/C22H18F3N5O3S/c1-29-18-10-11-30(34(31,32)16-9-5-8-15(12-16)22(23,24)25)13-17(18)19(28-29)21-27-26-20(33-21)14-6-3-2-4-7-14/h2-9,12H,10-11,13H2,1H3. The molecule has 2 aromatic heterocycles. The smallest absolute Gasteiger partial charge is 0.415 e. The average molecular weight is 489 g/mol. The van der Waals surface area contributed by atoms with E-state index in [1.807, 2.05) is 30.3 Å². The van der Waals surface area contributed by atoms with Crippen LogP contribution in [-0.4, -0.2) is 39.2 Å². The Balaban J connectivity index is 1.49. The molecular weight excluding hydrogens is 471 g/mol. The molecule has 0 spiro atoms. The van der Waals surface area contributed by atoms with Gasteiger partial charge in [-0.05, 0) is 30.3 Å². The van der Waals surface area contributed by atoms with Crippen molar-refractivity contribution in [2.75, 3.05) is 6.54 Å². The van der Waals surface area contributed by atoms with Crippen LogP contribution >= 0.6 is 0 Å². The Morgan fingerprint density at radius 1 is 1.00 bits per heavy atom. The van der Waals surface area contributed by atoms with E-state index in [1.54, 1.807) is 11.7 Å². The van der Waals surface area contributed by atoms with Crippen LogP contribution in [0.1, 0.15) is 16.8 Å². The summed E-state index contributed by atoms with van der Waals surface area (Å²) < 4.78 is 74.3. The van der Waals surface area contributed by atoms with Crippen LogP contribution < -0.4 is 0 Å². The van der Waals surface area contributed by atoms with E-state index in [0.717, 1.165) is 33.8 Å². The van der Waals surface area contributed by atoms with Crippen molar-refractivity contribution in [3.05, 3.63) is 71.4 Å². The summed E-state index contributed by atoms with van der Waals surface area (Å²) in [6, 6.07) is 12.9. The number of benzene rings is 2. The molecule has 0 saturated carbocycles. The second-order valence-electron chi connectivity index (χ2n) is 7.79. The Kier molecular flexibility index (Phi) is 5.29. The van der Waals surface area contributed by atoms with Gasteiger partial charge in [0.05, 0.1) is 10.5 Å². The molecule has 0 N–H and O–H groups in total. The zero-order valence-corrected chi connectivity index (χ0v) is 18.6. The molecule has 1 aliphatic rings. The summed E-state index contributed by atoms with van der Waals surface area (Å²) in [6.45, 7) is 0.0176. The summed E-state index contributed by atoms with van der Waals surface area (Å²) in [5.74, 6) is 0.424. The molecule has 4 aromatic rings. The van der Waals surface area contributed by atoms with Crippen molar-refractivity contribution in [1.29, 1.82) is 0 Å². The topological polar surface area (TPSA) is 94.1 Å². The van der Waals surface area contributed by atoms with Crippen LogP contribution in [0.2, 0.25) is 0 Å². The molecule has 1 aliphatic heterocycles. The number of sulfonamides is 1. The maximum absolute atomic E-state index is 13.2. The van der Waals surface area contributed by atoms with Crippen molar-refractivity contribution in [3.8, 4) is 23.0 Å². The number of hydrogen-bond acceptors (Lipinski definition) is 6. The molecule has 0 amide bonds. The van der Waals surface area contributed by atoms with E-state index < -0.39 is 26.7 Å². The van der Waals surface area contributed by atoms with E-state index in [-0.39, 0.29) is 19.0 Å². The minimum atomic E-state index is -4.65. The maximum atomic E-state index is 13.2. The van der Waals surface area contributed by atoms with Gasteiger partial charge in [0.25, 0.3) is 5.89 Å². The number of fused-ring (bicyclic) bond motifs is 1. The van der Waals surface area contributed by atoms with Gasteiger partial charge in [0.1, 0.15) is 0 Å². The highest BCUT2D eigenvalue weighted by Gasteiger charge is 2.36. The molecule has 2 aromatic carbocycles. The van der Waals surface area contributed by atoms with Crippen molar-refractivity contribution in [3.63, 3.8) is 0 Å². The number of halogens is 3. The first-order valence-electron chi connectivity index (χ1n) is 10.3. The lowest BCUT2D eigenvalue weighted by molar-refractivity contribution is -0.137.